The van der Waals surface area contributed by atoms with Crippen molar-refractivity contribution in [1.29, 1.82) is 0 Å². The van der Waals surface area contributed by atoms with Gasteiger partial charge in [0.05, 0.1) is 29.3 Å². The van der Waals surface area contributed by atoms with Crippen molar-refractivity contribution in [2.45, 2.75) is 30.6 Å². The van der Waals surface area contributed by atoms with Crippen LogP contribution in [0.1, 0.15) is 12.8 Å². The molecule has 3 heterocycles. The summed E-state index contributed by atoms with van der Waals surface area (Å²) in [5, 5.41) is 1.19. The number of fused-ring (bicyclic) bond motifs is 1. The highest BCUT2D eigenvalue weighted by Gasteiger charge is 2.24. The molecule has 33 heavy (non-hydrogen) atoms. The molecule has 1 atom stereocenters. The average molecular weight is 465 g/mol. The fourth-order valence-corrected chi connectivity index (χ4v) is 5.39. The van der Waals surface area contributed by atoms with Crippen LogP contribution >= 0.6 is 11.8 Å². The quantitative estimate of drug-likeness (QED) is 0.413. The van der Waals surface area contributed by atoms with Crippen LogP contribution in [0.25, 0.3) is 10.9 Å². The molecule has 0 saturated carbocycles. The molecule has 0 unspecified atom stereocenters. The summed E-state index contributed by atoms with van der Waals surface area (Å²) in [6.45, 7) is 4.24. The van der Waals surface area contributed by atoms with Gasteiger partial charge in [-0.15, -0.1) is 0 Å². The number of nitrogens with zero attached hydrogens (tertiary/aromatic N) is 4. The van der Waals surface area contributed by atoms with Crippen molar-refractivity contribution >= 4 is 34.3 Å². The summed E-state index contributed by atoms with van der Waals surface area (Å²) in [5.41, 5.74) is 1.79. The van der Waals surface area contributed by atoms with Crippen LogP contribution in [0.15, 0.2) is 64.5 Å². The first-order chi connectivity index (χ1) is 16.2. The maximum atomic E-state index is 13.2. The smallest absolute Gasteiger partial charge is 0.262 e. The maximum absolute atomic E-state index is 13.2. The number of carbonyl (C=O) groups excluding carboxylic acids is 1. The molecule has 3 aromatic rings. The third-order valence-corrected chi connectivity index (χ3v) is 7.28. The number of carbonyl (C=O) groups is 1. The molecule has 0 aliphatic carbocycles. The normalized spacial score (nSPS) is 18.7. The highest BCUT2D eigenvalue weighted by Crippen LogP contribution is 2.22. The van der Waals surface area contributed by atoms with Crippen molar-refractivity contribution in [1.82, 2.24) is 14.5 Å². The molecule has 0 bridgehead atoms. The number of rotatable bonds is 6. The summed E-state index contributed by atoms with van der Waals surface area (Å²) < 4.78 is 7.47. The van der Waals surface area contributed by atoms with E-state index in [-0.39, 0.29) is 23.3 Å². The Bertz CT molecular complexity index is 1170. The van der Waals surface area contributed by atoms with E-state index in [1.807, 2.05) is 47.4 Å². The van der Waals surface area contributed by atoms with Crippen LogP contribution < -0.4 is 10.5 Å². The fraction of sp³-hybridized carbons (Fsp3) is 0.400. The third-order valence-electron chi connectivity index (χ3n) is 6.32. The molecular weight excluding hydrogens is 436 g/mol. The van der Waals surface area contributed by atoms with Crippen LogP contribution in [0, 0.1) is 0 Å². The minimum Gasteiger partial charge on any atom is -0.376 e. The zero-order valence-electron chi connectivity index (χ0n) is 18.6. The molecule has 172 valence electrons. The van der Waals surface area contributed by atoms with Gasteiger partial charge in [0.1, 0.15) is 0 Å². The van der Waals surface area contributed by atoms with Crippen LogP contribution in [0.3, 0.4) is 0 Å². The summed E-state index contributed by atoms with van der Waals surface area (Å²) >= 11 is 1.35. The second-order valence-electron chi connectivity index (χ2n) is 8.45. The minimum absolute atomic E-state index is 0.0202. The monoisotopic (exact) mass is 464 g/mol. The van der Waals surface area contributed by atoms with Crippen molar-refractivity contribution in [2.24, 2.45) is 0 Å². The van der Waals surface area contributed by atoms with E-state index in [4.69, 9.17) is 9.72 Å². The average Bonchev–Trinajstić information content (AvgIpc) is 3.38. The molecule has 0 spiro atoms. The maximum Gasteiger partial charge on any atom is 0.262 e. The number of hydrogen-bond donors (Lipinski definition) is 0. The standard InChI is InChI=1S/C25H28N4O3S/c30-23(28-14-12-27(13-15-28)19-7-2-1-3-8-19)18-33-25-26-22-11-5-4-10-21(22)24(31)29(25)17-20-9-6-16-32-20/h1-5,7-8,10-11,20H,6,9,12-18H2/t20-/m0/s1. The van der Waals surface area contributed by atoms with Crippen LogP contribution in [-0.2, 0) is 16.1 Å². The highest BCUT2D eigenvalue weighted by atomic mass is 32.2. The Labute approximate surface area is 197 Å². The van der Waals surface area contributed by atoms with Gasteiger partial charge in [0, 0.05) is 38.5 Å². The minimum atomic E-state index is -0.0671. The Balaban J connectivity index is 1.28. The third kappa shape index (κ3) is 4.91. The molecule has 7 nitrogen and oxygen atoms in total. The van der Waals surface area contributed by atoms with E-state index >= 15 is 0 Å². The van der Waals surface area contributed by atoms with E-state index in [9.17, 15) is 9.59 Å². The van der Waals surface area contributed by atoms with Crippen molar-refractivity contribution in [3.05, 3.63) is 65.0 Å². The lowest BCUT2D eigenvalue weighted by Crippen LogP contribution is -2.49. The van der Waals surface area contributed by atoms with E-state index in [0.29, 0.717) is 35.7 Å². The van der Waals surface area contributed by atoms with Crippen molar-refractivity contribution < 1.29 is 9.53 Å². The zero-order chi connectivity index (χ0) is 22.6. The Morgan fingerprint density at radius 1 is 1.03 bits per heavy atom. The molecular formula is C25H28N4O3S. The second kappa shape index (κ2) is 9.97. The van der Waals surface area contributed by atoms with Crippen molar-refractivity contribution in [3.8, 4) is 0 Å². The molecule has 1 amide bonds. The van der Waals surface area contributed by atoms with Gasteiger partial charge in [-0.05, 0) is 37.1 Å². The van der Waals surface area contributed by atoms with Gasteiger partial charge in [0.15, 0.2) is 5.16 Å². The summed E-state index contributed by atoms with van der Waals surface area (Å²) in [6.07, 6.45) is 1.97. The number of ether oxygens (including phenoxy) is 1. The number of thioether (sulfide) groups is 1. The van der Waals surface area contributed by atoms with E-state index in [1.54, 1.807) is 4.57 Å². The molecule has 2 saturated heterocycles. The zero-order valence-corrected chi connectivity index (χ0v) is 19.4. The van der Waals surface area contributed by atoms with Gasteiger partial charge in [-0.3, -0.25) is 14.2 Å². The predicted molar refractivity (Wildman–Crippen MR) is 131 cm³/mol. The van der Waals surface area contributed by atoms with E-state index in [1.165, 1.54) is 17.4 Å². The van der Waals surface area contributed by atoms with E-state index < -0.39 is 0 Å². The largest absolute Gasteiger partial charge is 0.376 e. The van der Waals surface area contributed by atoms with Crippen LogP contribution in [0.2, 0.25) is 0 Å². The van der Waals surface area contributed by atoms with Gasteiger partial charge in [-0.2, -0.15) is 0 Å². The first kappa shape index (κ1) is 22.0. The molecule has 5 rings (SSSR count). The number of para-hydroxylation sites is 2. The Morgan fingerprint density at radius 2 is 1.79 bits per heavy atom. The lowest BCUT2D eigenvalue weighted by atomic mass is 10.2. The molecule has 8 heteroatoms. The molecule has 2 aromatic carbocycles. The number of hydrogen-bond acceptors (Lipinski definition) is 6. The van der Waals surface area contributed by atoms with E-state index in [2.05, 4.69) is 17.0 Å². The Kier molecular flexibility index (Phi) is 6.64. The second-order valence-corrected chi connectivity index (χ2v) is 9.40. The number of aromatic nitrogens is 2. The Morgan fingerprint density at radius 3 is 2.55 bits per heavy atom. The first-order valence-electron chi connectivity index (χ1n) is 11.5. The molecule has 0 N–H and O–H groups in total. The van der Waals surface area contributed by atoms with Gasteiger partial charge < -0.3 is 14.5 Å². The molecule has 2 fully saturated rings. The number of anilines is 1. The molecule has 2 aliphatic heterocycles. The molecule has 1 aromatic heterocycles. The SMILES string of the molecule is O=C(CSc1nc2ccccc2c(=O)n1C[C@@H]1CCCO1)N1CCN(c2ccccc2)CC1. The highest BCUT2D eigenvalue weighted by molar-refractivity contribution is 7.99. The lowest BCUT2D eigenvalue weighted by molar-refractivity contribution is -0.128. The summed E-state index contributed by atoms with van der Waals surface area (Å²) in [6, 6.07) is 17.7. The number of amides is 1. The topological polar surface area (TPSA) is 67.7 Å². The van der Waals surface area contributed by atoms with Crippen molar-refractivity contribution in [3.63, 3.8) is 0 Å². The van der Waals surface area contributed by atoms with Gasteiger partial charge in [0.2, 0.25) is 5.91 Å². The Hall–Kier alpha value is -2.84. The summed E-state index contributed by atoms with van der Waals surface area (Å²) in [5.74, 6) is 0.348. The van der Waals surface area contributed by atoms with Crippen LogP contribution in [0.5, 0.6) is 0 Å². The number of benzene rings is 2. The van der Waals surface area contributed by atoms with Gasteiger partial charge >= 0.3 is 0 Å². The van der Waals surface area contributed by atoms with Crippen LogP contribution in [0.4, 0.5) is 5.69 Å². The summed E-state index contributed by atoms with van der Waals surface area (Å²) in [4.78, 5) is 35.1. The first-order valence-corrected chi connectivity index (χ1v) is 12.5. The summed E-state index contributed by atoms with van der Waals surface area (Å²) in [7, 11) is 0. The number of piperazine rings is 1. The van der Waals surface area contributed by atoms with E-state index in [0.717, 1.165) is 32.5 Å². The van der Waals surface area contributed by atoms with Crippen molar-refractivity contribution in [2.75, 3.05) is 43.4 Å². The van der Waals surface area contributed by atoms with Crippen LogP contribution in [-0.4, -0.2) is 65.0 Å². The predicted octanol–water partition coefficient (Wildman–Crippen LogP) is 3.02. The lowest BCUT2D eigenvalue weighted by Gasteiger charge is -2.36. The van der Waals surface area contributed by atoms with Gasteiger partial charge in [0.25, 0.3) is 5.56 Å². The molecule has 0 radical (unpaired) electrons. The van der Waals surface area contributed by atoms with Gasteiger partial charge in [-0.1, -0.05) is 42.1 Å². The molecule has 2 aliphatic rings. The van der Waals surface area contributed by atoms with Gasteiger partial charge in [-0.25, -0.2) is 4.98 Å². The fourth-order valence-electron chi connectivity index (χ4n) is 4.48.